The molecule has 0 fully saturated rings. The number of hydrazone groups is 1. The fraction of sp³-hybridized carbons (Fsp3) is 0.125. The maximum Gasteiger partial charge on any atom is 0.231 e. The molecule has 2 N–H and O–H groups in total. The monoisotopic (exact) mass is 313 g/mol. The van der Waals surface area contributed by atoms with E-state index < -0.39 is 0 Å². The fourth-order valence-corrected chi connectivity index (χ4v) is 2.21. The number of thiocarbonyl (C=S) groups is 1. The van der Waals surface area contributed by atoms with Gasteiger partial charge in [0.25, 0.3) is 0 Å². The number of nitrogens with zero attached hydrogens (tertiary/aromatic N) is 1. The zero-order valence-corrected chi connectivity index (χ0v) is 12.8. The lowest BCUT2D eigenvalue weighted by Gasteiger charge is -2.07. The molecule has 1 aliphatic heterocycles. The Bertz CT molecular complexity index is 731. The van der Waals surface area contributed by atoms with E-state index in [2.05, 4.69) is 15.8 Å². The van der Waals surface area contributed by atoms with Crippen LogP contribution in [-0.4, -0.2) is 18.1 Å². The van der Waals surface area contributed by atoms with Crippen molar-refractivity contribution in [1.29, 1.82) is 0 Å². The Morgan fingerprint density at radius 3 is 2.91 bits per heavy atom. The molecule has 0 saturated carbocycles. The van der Waals surface area contributed by atoms with Gasteiger partial charge < -0.3 is 14.8 Å². The number of hydrogen-bond donors (Lipinski definition) is 2. The zero-order chi connectivity index (χ0) is 15.4. The summed E-state index contributed by atoms with van der Waals surface area (Å²) in [7, 11) is 0. The summed E-state index contributed by atoms with van der Waals surface area (Å²) in [6.45, 7) is 2.29. The van der Waals surface area contributed by atoms with Crippen LogP contribution in [0.2, 0.25) is 0 Å². The largest absolute Gasteiger partial charge is 0.454 e. The van der Waals surface area contributed by atoms with Gasteiger partial charge in [-0.3, -0.25) is 5.43 Å². The van der Waals surface area contributed by atoms with Crippen molar-refractivity contribution in [2.24, 2.45) is 5.10 Å². The summed E-state index contributed by atoms with van der Waals surface area (Å²) < 4.78 is 10.6. The van der Waals surface area contributed by atoms with Crippen molar-refractivity contribution in [3.05, 3.63) is 53.6 Å². The minimum absolute atomic E-state index is 0.263. The molecule has 1 aliphatic rings. The smallest absolute Gasteiger partial charge is 0.231 e. The number of fused-ring (bicyclic) bond motifs is 1. The molecule has 0 amide bonds. The van der Waals surface area contributed by atoms with Crippen molar-refractivity contribution in [3.63, 3.8) is 0 Å². The molecule has 0 spiro atoms. The molecular weight excluding hydrogens is 298 g/mol. The molecule has 0 atom stereocenters. The fourth-order valence-electron chi connectivity index (χ4n) is 2.04. The second-order valence-electron chi connectivity index (χ2n) is 4.81. The van der Waals surface area contributed by atoms with Crippen molar-refractivity contribution in [2.45, 2.75) is 6.92 Å². The van der Waals surface area contributed by atoms with Gasteiger partial charge in [-0.2, -0.15) is 5.10 Å². The predicted molar refractivity (Wildman–Crippen MR) is 90.7 cm³/mol. The zero-order valence-electron chi connectivity index (χ0n) is 12.0. The molecule has 112 valence electrons. The molecule has 5 nitrogen and oxygen atoms in total. The molecule has 3 rings (SSSR count). The molecule has 0 aromatic heterocycles. The van der Waals surface area contributed by atoms with Crippen LogP contribution in [0.5, 0.6) is 11.5 Å². The van der Waals surface area contributed by atoms with Crippen LogP contribution in [0, 0.1) is 6.92 Å². The molecule has 0 radical (unpaired) electrons. The van der Waals surface area contributed by atoms with E-state index in [1.165, 1.54) is 0 Å². The van der Waals surface area contributed by atoms with Crippen LogP contribution in [0.1, 0.15) is 11.1 Å². The second-order valence-corrected chi connectivity index (χ2v) is 5.21. The van der Waals surface area contributed by atoms with Crippen molar-refractivity contribution in [1.82, 2.24) is 5.43 Å². The van der Waals surface area contributed by atoms with Gasteiger partial charge in [0, 0.05) is 5.69 Å². The lowest BCUT2D eigenvalue weighted by molar-refractivity contribution is 0.174. The molecule has 0 saturated heterocycles. The van der Waals surface area contributed by atoms with Crippen molar-refractivity contribution in [2.75, 3.05) is 12.1 Å². The van der Waals surface area contributed by atoms with Gasteiger partial charge in [0.1, 0.15) is 0 Å². The standard InChI is InChI=1S/C16H15N3O2S/c1-11-3-2-4-13(7-11)18-16(22)19-17-9-12-5-6-14-15(8-12)21-10-20-14/h2-9H,10H2,1H3,(H2,18,19,22)/b17-9-. The molecule has 2 aromatic carbocycles. The highest BCUT2D eigenvalue weighted by Crippen LogP contribution is 2.31. The summed E-state index contributed by atoms with van der Waals surface area (Å²) in [5.41, 5.74) is 5.77. The molecule has 6 heteroatoms. The van der Waals surface area contributed by atoms with E-state index in [0.717, 1.165) is 28.3 Å². The van der Waals surface area contributed by atoms with Crippen LogP contribution >= 0.6 is 12.2 Å². The number of anilines is 1. The SMILES string of the molecule is Cc1cccc(NC(=S)N/N=C\c2ccc3c(c2)OCO3)c1. The van der Waals surface area contributed by atoms with E-state index in [0.29, 0.717) is 5.11 Å². The van der Waals surface area contributed by atoms with Crippen LogP contribution in [0.15, 0.2) is 47.6 Å². The molecule has 22 heavy (non-hydrogen) atoms. The molecule has 0 aliphatic carbocycles. The van der Waals surface area contributed by atoms with Gasteiger partial charge in [-0.05, 0) is 60.6 Å². The quantitative estimate of drug-likeness (QED) is 0.518. The van der Waals surface area contributed by atoms with E-state index >= 15 is 0 Å². The maximum absolute atomic E-state index is 5.31. The van der Waals surface area contributed by atoms with Gasteiger partial charge in [-0.1, -0.05) is 12.1 Å². The topological polar surface area (TPSA) is 54.9 Å². The Morgan fingerprint density at radius 2 is 2.05 bits per heavy atom. The number of nitrogens with one attached hydrogen (secondary N) is 2. The third-order valence-electron chi connectivity index (χ3n) is 3.05. The first-order valence-electron chi connectivity index (χ1n) is 6.77. The second kappa shape index (κ2) is 6.44. The normalized spacial score (nSPS) is 12.4. The van der Waals surface area contributed by atoms with Crippen LogP contribution in [0.25, 0.3) is 0 Å². The minimum atomic E-state index is 0.263. The lowest BCUT2D eigenvalue weighted by Crippen LogP contribution is -2.23. The van der Waals surface area contributed by atoms with Gasteiger partial charge in [0.15, 0.2) is 16.6 Å². The number of hydrogen-bond acceptors (Lipinski definition) is 4. The summed E-state index contributed by atoms with van der Waals surface area (Å²) in [5, 5.41) is 7.62. The molecule has 0 unspecified atom stereocenters. The van der Waals surface area contributed by atoms with Gasteiger partial charge in [-0.15, -0.1) is 0 Å². The van der Waals surface area contributed by atoms with Crippen LogP contribution in [-0.2, 0) is 0 Å². The van der Waals surface area contributed by atoms with Crippen LogP contribution < -0.4 is 20.2 Å². The van der Waals surface area contributed by atoms with E-state index in [1.807, 2.05) is 49.4 Å². The number of rotatable bonds is 3. The highest BCUT2D eigenvalue weighted by Gasteiger charge is 2.12. The van der Waals surface area contributed by atoms with Crippen molar-refractivity contribution in [3.8, 4) is 11.5 Å². The maximum atomic E-state index is 5.31. The van der Waals surface area contributed by atoms with Gasteiger partial charge in [0.2, 0.25) is 6.79 Å². The Labute approximate surface area is 133 Å². The first kappa shape index (κ1) is 14.3. The highest BCUT2D eigenvalue weighted by atomic mass is 32.1. The van der Waals surface area contributed by atoms with Gasteiger partial charge in [-0.25, -0.2) is 0 Å². The molecular formula is C16H15N3O2S. The first-order valence-corrected chi connectivity index (χ1v) is 7.18. The van der Waals surface area contributed by atoms with Crippen LogP contribution in [0.3, 0.4) is 0 Å². The highest BCUT2D eigenvalue weighted by molar-refractivity contribution is 7.80. The average molecular weight is 313 g/mol. The molecule has 0 bridgehead atoms. The van der Waals surface area contributed by atoms with Crippen molar-refractivity contribution < 1.29 is 9.47 Å². The lowest BCUT2D eigenvalue weighted by atomic mass is 10.2. The van der Waals surface area contributed by atoms with Gasteiger partial charge >= 0.3 is 0 Å². The Balaban J connectivity index is 1.56. The van der Waals surface area contributed by atoms with E-state index in [4.69, 9.17) is 21.7 Å². The Morgan fingerprint density at radius 1 is 1.18 bits per heavy atom. The Kier molecular flexibility index (Phi) is 4.20. The molecule has 1 heterocycles. The summed E-state index contributed by atoms with van der Waals surface area (Å²) in [6, 6.07) is 13.6. The number of aryl methyl sites for hydroxylation is 1. The summed E-state index contributed by atoms with van der Waals surface area (Å²) >= 11 is 5.19. The Hall–Kier alpha value is -2.60. The summed E-state index contributed by atoms with van der Waals surface area (Å²) in [4.78, 5) is 0. The summed E-state index contributed by atoms with van der Waals surface area (Å²) in [5.74, 6) is 1.48. The third-order valence-corrected chi connectivity index (χ3v) is 3.25. The summed E-state index contributed by atoms with van der Waals surface area (Å²) in [6.07, 6.45) is 1.67. The number of benzene rings is 2. The van der Waals surface area contributed by atoms with E-state index in [-0.39, 0.29) is 6.79 Å². The number of ether oxygens (including phenoxy) is 2. The molecule has 2 aromatic rings. The average Bonchev–Trinajstić information content (AvgIpc) is 2.95. The van der Waals surface area contributed by atoms with Gasteiger partial charge in [0.05, 0.1) is 6.21 Å². The third kappa shape index (κ3) is 3.53. The van der Waals surface area contributed by atoms with E-state index in [9.17, 15) is 0 Å². The minimum Gasteiger partial charge on any atom is -0.454 e. The van der Waals surface area contributed by atoms with Crippen LogP contribution in [0.4, 0.5) is 5.69 Å². The van der Waals surface area contributed by atoms with E-state index in [1.54, 1.807) is 6.21 Å². The van der Waals surface area contributed by atoms with Crippen molar-refractivity contribution >= 4 is 29.2 Å². The predicted octanol–water partition coefficient (Wildman–Crippen LogP) is 3.04. The first-order chi connectivity index (χ1) is 10.7.